The third-order valence-electron chi connectivity index (χ3n) is 3.85. The lowest BCUT2D eigenvalue weighted by Crippen LogP contribution is -2.19. The van der Waals surface area contributed by atoms with Crippen LogP contribution in [0.15, 0.2) is 52.5 Å². The lowest BCUT2D eigenvalue weighted by molar-refractivity contribution is 0.394. The van der Waals surface area contributed by atoms with Crippen LogP contribution >= 0.6 is 0 Å². The minimum Gasteiger partial charge on any atom is -0.497 e. The fraction of sp³-hybridized carbons (Fsp3) is 0.316. The molecule has 0 aliphatic heterocycles. The molecule has 6 nitrogen and oxygen atoms in total. The highest BCUT2D eigenvalue weighted by Gasteiger charge is 2.17. The highest BCUT2D eigenvalue weighted by atomic mass is 32.2. The number of sulfonamides is 1. The van der Waals surface area contributed by atoms with E-state index in [4.69, 9.17) is 9.47 Å². The van der Waals surface area contributed by atoms with Gasteiger partial charge < -0.3 is 9.47 Å². The molecule has 0 aromatic heterocycles. The standard InChI is InChI=1S/C19H24N2O4S/c1-19(2,3)15-7-10-17(11-8-15)26(22,23)21-20-13-14-6-9-16(24-4)12-18(14)25-5/h6-13,21H,1-5H3. The van der Waals surface area contributed by atoms with Crippen LogP contribution in [0.1, 0.15) is 31.9 Å². The monoisotopic (exact) mass is 376 g/mol. The zero-order valence-corrected chi connectivity index (χ0v) is 16.4. The number of hydrogen-bond acceptors (Lipinski definition) is 5. The van der Waals surface area contributed by atoms with Gasteiger partial charge in [-0.05, 0) is 35.2 Å². The molecule has 0 bridgehead atoms. The van der Waals surface area contributed by atoms with E-state index in [1.165, 1.54) is 13.3 Å². The van der Waals surface area contributed by atoms with Gasteiger partial charge in [0.05, 0.1) is 25.3 Å². The summed E-state index contributed by atoms with van der Waals surface area (Å²) >= 11 is 0. The van der Waals surface area contributed by atoms with Gasteiger partial charge >= 0.3 is 0 Å². The van der Waals surface area contributed by atoms with Gasteiger partial charge in [-0.15, -0.1) is 0 Å². The number of hydrogen-bond donors (Lipinski definition) is 1. The first-order valence-electron chi connectivity index (χ1n) is 8.05. The van der Waals surface area contributed by atoms with Crippen LogP contribution < -0.4 is 14.3 Å². The van der Waals surface area contributed by atoms with E-state index in [1.54, 1.807) is 37.4 Å². The lowest BCUT2D eigenvalue weighted by atomic mass is 9.87. The molecule has 0 aliphatic carbocycles. The number of hydrazone groups is 1. The van der Waals surface area contributed by atoms with Gasteiger partial charge in [0.25, 0.3) is 10.0 Å². The molecule has 0 spiro atoms. The van der Waals surface area contributed by atoms with Crippen molar-refractivity contribution in [3.8, 4) is 11.5 Å². The highest BCUT2D eigenvalue weighted by molar-refractivity contribution is 7.89. The van der Waals surface area contributed by atoms with Crippen molar-refractivity contribution in [2.75, 3.05) is 14.2 Å². The summed E-state index contributed by atoms with van der Waals surface area (Å²) in [5.74, 6) is 1.17. The molecular weight excluding hydrogens is 352 g/mol. The summed E-state index contributed by atoms with van der Waals surface area (Å²) in [5.41, 5.74) is 1.64. The van der Waals surface area contributed by atoms with Crippen molar-refractivity contribution in [1.29, 1.82) is 0 Å². The topological polar surface area (TPSA) is 77.0 Å². The van der Waals surface area contributed by atoms with Gasteiger partial charge in [0.1, 0.15) is 11.5 Å². The predicted molar refractivity (Wildman–Crippen MR) is 103 cm³/mol. The van der Waals surface area contributed by atoms with Crippen molar-refractivity contribution in [2.24, 2.45) is 5.10 Å². The summed E-state index contributed by atoms with van der Waals surface area (Å²) in [6.45, 7) is 6.21. The van der Waals surface area contributed by atoms with Gasteiger partial charge in [-0.1, -0.05) is 32.9 Å². The number of ether oxygens (including phenoxy) is 2. The molecule has 0 aliphatic rings. The summed E-state index contributed by atoms with van der Waals surface area (Å²) < 4.78 is 35.1. The largest absolute Gasteiger partial charge is 0.497 e. The lowest BCUT2D eigenvalue weighted by Gasteiger charge is -2.19. The second-order valence-electron chi connectivity index (χ2n) is 6.74. The van der Waals surface area contributed by atoms with Crippen LogP contribution in [0.5, 0.6) is 11.5 Å². The molecule has 0 unspecified atom stereocenters. The molecule has 0 radical (unpaired) electrons. The van der Waals surface area contributed by atoms with Crippen molar-refractivity contribution in [1.82, 2.24) is 4.83 Å². The zero-order chi connectivity index (χ0) is 19.4. The van der Waals surface area contributed by atoms with E-state index in [9.17, 15) is 8.42 Å². The van der Waals surface area contributed by atoms with Crippen LogP contribution in [0.25, 0.3) is 0 Å². The molecule has 26 heavy (non-hydrogen) atoms. The Kier molecular flexibility index (Phi) is 5.92. The fourth-order valence-electron chi connectivity index (χ4n) is 2.28. The maximum atomic E-state index is 12.4. The molecular formula is C19H24N2O4S. The molecule has 0 fully saturated rings. The van der Waals surface area contributed by atoms with Crippen LogP contribution in [0.4, 0.5) is 0 Å². The Labute approximate surface area is 154 Å². The van der Waals surface area contributed by atoms with Gasteiger partial charge in [-0.2, -0.15) is 13.5 Å². The first-order valence-corrected chi connectivity index (χ1v) is 9.53. The molecule has 2 rings (SSSR count). The molecule has 2 aromatic carbocycles. The quantitative estimate of drug-likeness (QED) is 0.620. The molecule has 7 heteroatoms. The van der Waals surface area contributed by atoms with Gasteiger partial charge in [-0.3, -0.25) is 0 Å². The van der Waals surface area contributed by atoms with Crippen LogP contribution in [0.2, 0.25) is 0 Å². The minimum absolute atomic E-state index is 0.0429. The van der Waals surface area contributed by atoms with Crippen LogP contribution in [0.3, 0.4) is 0 Å². The van der Waals surface area contributed by atoms with Gasteiger partial charge in [0.2, 0.25) is 0 Å². The smallest absolute Gasteiger partial charge is 0.276 e. The van der Waals surface area contributed by atoms with Crippen molar-refractivity contribution in [2.45, 2.75) is 31.1 Å². The zero-order valence-electron chi connectivity index (χ0n) is 15.6. The van der Waals surface area contributed by atoms with E-state index < -0.39 is 10.0 Å². The Bertz CT molecular complexity index is 883. The fourth-order valence-corrected chi connectivity index (χ4v) is 3.07. The van der Waals surface area contributed by atoms with Gasteiger partial charge in [-0.25, -0.2) is 4.83 Å². The second-order valence-corrected chi connectivity index (χ2v) is 8.40. The van der Waals surface area contributed by atoms with Gasteiger partial charge in [0.15, 0.2) is 0 Å². The van der Waals surface area contributed by atoms with E-state index in [2.05, 4.69) is 30.7 Å². The molecule has 0 amide bonds. The molecule has 1 N–H and O–H groups in total. The maximum absolute atomic E-state index is 12.4. The third kappa shape index (κ3) is 4.76. The van der Waals surface area contributed by atoms with E-state index in [0.29, 0.717) is 17.1 Å². The average molecular weight is 376 g/mol. The minimum atomic E-state index is -3.74. The van der Waals surface area contributed by atoms with E-state index in [1.807, 2.05) is 12.1 Å². The van der Waals surface area contributed by atoms with Crippen molar-refractivity contribution < 1.29 is 17.9 Å². The number of nitrogens with zero attached hydrogens (tertiary/aromatic N) is 1. The normalized spacial score (nSPS) is 12.2. The van der Waals surface area contributed by atoms with Crippen LogP contribution in [-0.2, 0) is 15.4 Å². The summed E-state index contributed by atoms with van der Waals surface area (Å²) in [6.07, 6.45) is 1.39. The number of rotatable bonds is 6. The highest BCUT2D eigenvalue weighted by Crippen LogP contribution is 2.24. The maximum Gasteiger partial charge on any atom is 0.276 e. The molecule has 140 valence electrons. The Hall–Kier alpha value is -2.54. The van der Waals surface area contributed by atoms with Gasteiger partial charge in [0, 0.05) is 11.6 Å². The Morgan fingerprint density at radius 1 is 1.00 bits per heavy atom. The molecule has 0 saturated carbocycles. The molecule has 0 atom stereocenters. The van der Waals surface area contributed by atoms with E-state index >= 15 is 0 Å². The van der Waals surface area contributed by atoms with E-state index in [0.717, 1.165) is 5.56 Å². The van der Waals surface area contributed by atoms with Crippen molar-refractivity contribution in [3.05, 3.63) is 53.6 Å². The third-order valence-corrected chi connectivity index (χ3v) is 5.09. The predicted octanol–water partition coefficient (Wildman–Crippen LogP) is 3.31. The first kappa shape index (κ1) is 19.8. The summed E-state index contributed by atoms with van der Waals surface area (Å²) in [6, 6.07) is 11.9. The Balaban J connectivity index is 2.16. The molecule has 0 saturated heterocycles. The molecule has 0 heterocycles. The average Bonchev–Trinajstić information content (AvgIpc) is 2.61. The Morgan fingerprint density at radius 2 is 1.65 bits per heavy atom. The molecule has 2 aromatic rings. The summed E-state index contributed by atoms with van der Waals surface area (Å²) in [7, 11) is -0.660. The number of methoxy groups -OCH3 is 2. The summed E-state index contributed by atoms with van der Waals surface area (Å²) in [5, 5.41) is 3.84. The number of nitrogens with one attached hydrogen (secondary N) is 1. The SMILES string of the molecule is COc1ccc(C=NNS(=O)(=O)c2ccc(C(C)(C)C)cc2)c(OC)c1. The Morgan fingerprint density at radius 3 is 2.19 bits per heavy atom. The number of benzene rings is 2. The van der Waals surface area contributed by atoms with Crippen molar-refractivity contribution in [3.63, 3.8) is 0 Å². The first-order chi connectivity index (χ1) is 12.2. The van der Waals surface area contributed by atoms with Crippen LogP contribution in [0, 0.1) is 0 Å². The van der Waals surface area contributed by atoms with Crippen molar-refractivity contribution >= 4 is 16.2 Å². The van der Waals surface area contributed by atoms with Crippen LogP contribution in [-0.4, -0.2) is 28.9 Å². The second kappa shape index (κ2) is 7.78. The van der Waals surface area contributed by atoms with E-state index in [-0.39, 0.29) is 10.3 Å². The summed E-state index contributed by atoms with van der Waals surface area (Å²) in [4.78, 5) is 2.37.